The summed E-state index contributed by atoms with van der Waals surface area (Å²) in [5, 5.41) is 20.5. The minimum atomic E-state index is -0.888. The van der Waals surface area contributed by atoms with Crippen LogP contribution in [0.5, 0.6) is 0 Å². The van der Waals surface area contributed by atoms with Crippen LogP contribution in [0.4, 0.5) is 0 Å². The summed E-state index contributed by atoms with van der Waals surface area (Å²) in [5.41, 5.74) is -1.27. The molecule has 0 aromatic heterocycles. The van der Waals surface area contributed by atoms with Gasteiger partial charge in [0.2, 0.25) is 0 Å². The molecule has 272 valence electrons. The van der Waals surface area contributed by atoms with E-state index in [0.717, 1.165) is 62.2 Å². The van der Waals surface area contributed by atoms with Gasteiger partial charge in [0.1, 0.15) is 5.41 Å². The summed E-state index contributed by atoms with van der Waals surface area (Å²) in [6.45, 7) is 19.5. The van der Waals surface area contributed by atoms with Gasteiger partial charge in [0, 0.05) is 0 Å². The van der Waals surface area contributed by atoms with Crippen LogP contribution in [0, 0.1) is 59.5 Å². The van der Waals surface area contributed by atoms with Gasteiger partial charge in [-0.3, -0.25) is 24.5 Å². The van der Waals surface area contributed by atoms with Gasteiger partial charge in [-0.25, -0.2) is 13.1 Å². The fraction of sp³-hybridized carbons (Fsp3) is 0.850. The second-order valence-corrected chi connectivity index (χ2v) is 16.6. The zero-order valence-electron chi connectivity index (χ0n) is 30.1. The number of amides is 2. The molecule has 0 radical (unpaired) electrons. The summed E-state index contributed by atoms with van der Waals surface area (Å²) in [5.74, 6) is 1.94. The third-order valence-electron chi connectivity index (χ3n) is 13.7. The second kappa shape index (κ2) is 17.8. The quantitative estimate of drug-likeness (QED) is 0.156. The Bertz CT molecular complexity index is 1170. The number of hydrogen-bond acceptors (Lipinski definition) is 4. The number of rotatable bonds is 10. The van der Waals surface area contributed by atoms with Crippen LogP contribution in [0.25, 0.3) is 9.69 Å². The van der Waals surface area contributed by atoms with E-state index in [2.05, 4.69) is 28.9 Å². The van der Waals surface area contributed by atoms with E-state index >= 15 is 0 Å². The summed E-state index contributed by atoms with van der Waals surface area (Å²) in [7, 11) is 0. The standard InChI is InChI=1S/C21H29N3O2.C19H32O4/c1-4-5-14-6-8-15(9-7-14)16-10-12-21(13-11-16)17(22-2)19(25)24-20(26)18(21)23-3;1-2-3-14-4-6-15(7-5-14)16-8-10-19(11-9-16,12-17(20)21)13-18(22)23/h14-18H,4-13H2,1H3,(H,24,25,26);14-16H,2-13H2,1H3,(H,20,21)(H,22,23). The van der Waals surface area contributed by atoms with Crippen LogP contribution in [0.3, 0.4) is 0 Å². The highest BCUT2D eigenvalue weighted by Gasteiger charge is 2.65. The van der Waals surface area contributed by atoms with Gasteiger partial charge in [-0.1, -0.05) is 65.2 Å². The van der Waals surface area contributed by atoms with Crippen LogP contribution in [-0.2, 0) is 19.2 Å². The Hall–Kier alpha value is -2.94. The topological polar surface area (TPSA) is 129 Å². The Morgan fingerprint density at radius 2 is 0.980 bits per heavy atom. The first-order valence-corrected chi connectivity index (χ1v) is 19.5. The first-order chi connectivity index (χ1) is 23.5. The minimum Gasteiger partial charge on any atom is -0.481 e. The van der Waals surface area contributed by atoms with Gasteiger partial charge in [-0.15, -0.1) is 0 Å². The Kier molecular flexibility index (Phi) is 14.1. The summed E-state index contributed by atoms with van der Waals surface area (Å²) >= 11 is 0. The normalized spacial score (nSPS) is 31.8. The number of aliphatic carboxylic acids is 2. The number of imide groups is 1. The van der Waals surface area contributed by atoms with Crippen molar-refractivity contribution in [2.75, 3.05) is 0 Å². The number of carboxylic acids is 2. The van der Waals surface area contributed by atoms with Gasteiger partial charge in [-0.05, 0) is 118 Å². The van der Waals surface area contributed by atoms with Gasteiger partial charge in [0.25, 0.3) is 0 Å². The number of nitrogens with one attached hydrogen (secondary N) is 1. The molecule has 5 fully saturated rings. The molecule has 0 bridgehead atoms. The van der Waals surface area contributed by atoms with Gasteiger partial charge in [0.05, 0.1) is 12.8 Å². The van der Waals surface area contributed by atoms with Gasteiger partial charge in [-0.2, -0.15) is 0 Å². The monoisotopic (exact) mass is 679 g/mol. The minimum absolute atomic E-state index is 0.00919. The highest BCUT2D eigenvalue weighted by Crippen LogP contribution is 2.52. The summed E-state index contributed by atoms with van der Waals surface area (Å²) in [6, 6.07) is -1.78. The van der Waals surface area contributed by atoms with E-state index in [1.165, 1.54) is 77.0 Å². The van der Waals surface area contributed by atoms with Crippen LogP contribution in [0.1, 0.15) is 155 Å². The number of piperidine rings is 1. The maximum atomic E-state index is 12.2. The van der Waals surface area contributed by atoms with E-state index in [9.17, 15) is 19.2 Å². The molecule has 1 saturated heterocycles. The lowest BCUT2D eigenvalue weighted by molar-refractivity contribution is -0.146. The number of carbonyl (C=O) groups excluding carboxylic acids is 2. The molecule has 1 aliphatic heterocycles. The SMILES string of the molecule is CCCC1CCC(C2CCC(CC(=O)O)(CC(=O)O)CC2)CC1.[C-]#[N+]C1C(=O)NC(=O)C([N+]#[C-])C12CCC(C1CCC(CCC)CC1)CC2. The smallest absolute Gasteiger partial charge is 0.314 e. The van der Waals surface area contributed by atoms with Crippen LogP contribution >= 0.6 is 0 Å². The highest BCUT2D eigenvalue weighted by atomic mass is 16.4. The molecule has 49 heavy (non-hydrogen) atoms. The van der Waals surface area contributed by atoms with Crippen LogP contribution in [0.2, 0.25) is 0 Å². The van der Waals surface area contributed by atoms with Crippen LogP contribution in [0.15, 0.2) is 0 Å². The molecule has 2 amide bonds. The average molecular weight is 680 g/mol. The van der Waals surface area contributed by atoms with Crippen LogP contribution in [-0.4, -0.2) is 46.0 Å². The molecule has 0 aromatic carbocycles. The molecule has 3 N–H and O–H groups in total. The molecule has 4 aliphatic carbocycles. The Balaban J connectivity index is 0.000000223. The van der Waals surface area contributed by atoms with E-state index in [4.69, 9.17) is 23.4 Å². The molecule has 1 spiro atoms. The van der Waals surface area contributed by atoms with Crippen molar-refractivity contribution in [1.29, 1.82) is 0 Å². The molecular formula is C40H61N3O6. The lowest BCUT2D eigenvalue weighted by Gasteiger charge is -2.44. The molecular weight excluding hydrogens is 618 g/mol. The summed E-state index contributed by atoms with van der Waals surface area (Å²) in [4.78, 5) is 53.8. The maximum Gasteiger partial charge on any atom is 0.314 e. The third-order valence-corrected chi connectivity index (χ3v) is 13.7. The molecule has 5 aliphatic rings. The highest BCUT2D eigenvalue weighted by molar-refractivity contribution is 6.05. The fourth-order valence-electron chi connectivity index (χ4n) is 11.0. The summed E-state index contributed by atoms with van der Waals surface area (Å²) < 4.78 is 0. The first-order valence-electron chi connectivity index (χ1n) is 19.5. The number of carboxylic acid groups (broad SMARTS) is 2. The number of carbonyl (C=O) groups is 4. The Morgan fingerprint density at radius 1 is 0.633 bits per heavy atom. The first kappa shape index (κ1) is 38.9. The van der Waals surface area contributed by atoms with Crippen molar-refractivity contribution in [3.8, 4) is 0 Å². The van der Waals surface area contributed by atoms with Crippen molar-refractivity contribution in [3.63, 3.8) is 0 Å². The molecule has 0 aromatic rings. The van der Waals surface area contributed by atoms with E-state index < -0.39 is 46.7 Å². The maximum absolute atomic E-state index is 12.2. The van der Waals surface area contributed by atoms with Gasteiger partial charge >= 0.3 is 35.8 Å². The second-order valence-electron chi connectivity index (χ2n) is 16.6. The van der Waals surface area contributed by atoms with Crippen molar-refractivity contribution in [2.45, 2.75) is 167 Å². The van der Waals surface area contributed by atoms with Gasteiger partial charge in [0.15, 0.2) is 0 Å². The van der Waals surface area contributed by atoms with Crippen molar-refractivity contribution in [1.82, 2.24) is 5.32 Å². The predicted octanol–water partition coefficient (Wildman–Crippen LogP) is 8.72. The van der Waals surface area contributed by atoms with E-state index in [0.29, 0.717) is 24.7 Å². The molecule has 2 atom stereocenters. The number of nitrogens with zero attached hydrogens (tertiary/aromatic N) is 2. The zero-order valence-corrected chi connectivity index (χ0v) is 30.1. The largest absolute Gasteiger partial charge is 0.481 e. The van der Waals surface area contributed by atoms with E-state index in [-0.39, 0.29) is 12.8 Å². The van der Waals surface area contributed by atoms with Crippen molar-refractivity contribution in [3.05, 3.63) is 22.8 Å². The summed E-state index contributed by atoms with van der Waals surface area (Å²) in [6.07, 6.45) is 22.6. The Morgan fingerprint density at radius 3 is 1.31 bits per heavy atom. The van der Waals surface area contributed by atoms with Crippen molar-refractivity contribution in [2.24, 2.45) is 46.3 Å². The third kappa shape index (κ3) is 9.65. The fourth-order valence-corrected chi connectivity index (χ4v) is 11.0. The lowest BCUT2D eigenvalue weighted by Crippen LogP contribution is -2.63. The molecule has 5 rings (SSSR count). The molecule has 9 heteroatoms. The average Bonchev–Trinajstić information content (AvgIpc) is 3.06. The molecule has 9 nitrogen and oxygen atoms in total. The zero-order chi connectivity index (χ0) is 35.6. The lowest BCUT2D eigenvalue weighted by atomic mass is 9.58. The molecule has 2 unspecified atom stereocenters. The van der Waals surface area contributed by atoms with E-state index in [1.54, 1.807) is 0 Å². The molecule has 1 heterocycles. The van der Waals surface area contributed by atoms with Gasteiger partial charge < -0.3 is 19.9 Å². The predicted molar refractivity (Wildman–Crippen MR) is 188 cm³/mol. The Labute approximate surface area is 294 Å². The van der Waals surface area contributed by atoms with E-state index in [1.807, 2.05) is 0 Å². The van der Waals surface area contributed by atoms with Crippen molar-refractivity contribution < 1.29 is 29.4 Å². The molecule has 4 saturated carbocycles. The number of hydrogen-bond donors (Lipinski definition) is 3. The van der Waals surface area contributed by atoms with Crippen LogP contribution < -0.4 is 5.32 Å². The van der Waals surface area contributed by atoms with Crippen molar-refractivity contribution >= 4 is 23.8 Å².